The fourth-order valence-electron chi connectivity index (χ4n) is 5.23. The van der Waals surface area contributed by atoms with Gasteiger partial charge in [-0.2, -0.15) is 0 Å². The molecule has 4 nitrogen and oxygen atoms in total. The molecule has 2 aromatic carbocycles. The number of carbonyl (C=O) groups is 2. The molecule has 0 aliphatic heterocycles. The van der Waals surface area contributed by atoms with Gasteiger partial charge in [-0.3, -0.25) is 0 Å². The molecule has 0 aromatic heterocycles. The van der Waals surface area contributed by atoms with Crippen molar-refractivity contribution in [2.75, 3.05) is 13.2 Å². The van der Waals surface area contributed by atoms with Crippen molar-refractivity contribution in [3.63, 3.8) is 0 Å². The van der Waals surface area contributed by atoms with E-state index < -0.39 is 0 Å². The molecule has 1 saturated carbocycles. The average Bonchev–Trinajstić information content (AvgIpc) is 3.32. The highest BCUT2D eigenvalue weighted by Crippen LogP contribution is 2.63. The third kappa shape index (κ3) is 3.37. The minimum absolute atomic E-state index is 0.0499. The predicted octanol–water partition coefficient (Wildman–Crippen LogP) is 4.63. The van der Waals surface area contributed by atoms with Gasteiger partial charge in [0.1, 0.15) is 0 Å². The number of rotatable bonds is 6. The molecule has 2 bridgehead atoms. The lowest BCUT2D eigenvalue weighted by molar-refractivity contribution is -0.142. The molecule has 4 unspecified atom stereocenters. The van der Waals surface area contributed by atoms with E-state index in [4.69, 9.17) is 9.47 Å². The number of carbonyl (C=O) groups excluding carboxylic acids is 2. The van der Waals surface area contributed by atoms with Crippen LogP contribution in [0.5, 0.6) is 0 Å². The van der Waals surface area contributed by atoms with Crippen molar-refractivity contribution < 1.29 is 19.1 Å². The molecule has 2 aromatic rings. The first-order valence-corrected chi connectivity index (χ1v) is 10.4. The molecule has 0 N–H and O–H groups in total. The molecular weight excluding hydrogens is 364 g/mol. The van der Waals surface area contributed by atoms with Crippen LogP contribution in [0.2, 0.25) is 0 Å². The standard InChI is InChI=1S/C25H26O4/c1-3-28-24(26)22-18-15-19(23(22)25(27)29-4-2)21(17-13-9-6-10-14-17)20(18)16-11-7-5-8-12-16/h5-14,18-21H,3-4,15H2,1-2H3. The first-order chi connectivity index (χ1) is 14.2. The molecule has 0 spiro atoms. The molecule has 4 heteroatoms. The van der Waals surface area contributed by atoms with Crippen LogP contribution < -0.4 is 0 Å². The Morgan fingerprint density at radius 1 is 0.724 bits per heavy atom. The zero-order valence-corrected chi connectivity index (χ0v) is 16.8. The van der Waals surface area contributed by atoms with Crippen molar-refractivity contribution in [3.8, 4) is 0 Å². The van der Waals surface area contributed by atoms with E-state index in [1.807, 2.05) is 36.4 Å². The van der Waals surface area contributed by atoms with Crippen LogP contribution >= 0.6 is 0 Å². The van der Waals surface area contributed by atoms with E-state index in [0.29, 0.717) is 11.1 Å². The highest BCUT2D eigenvalue weighted by molar-refractivity contribution is 6.03. The van der Waals surface area contributed by atoms with E-state index in [1.165, 1.54) is 11.1 Å². The van der Waals surface area contributed by atoms with E-state index in [9.17, 15) is 9.59 Å². The van der Waals surface area contributed by atoms with Gasteiger partial charge in [0.05, 0.1) is 24.4 Å². The summed E-state index contributed by atoms with van der Waals surface area (Å²) in [5.74, 6) is -0.606. The number of benzene rings is 2. The smallest absolute Gasteiger partial charge is 0.334 e. The summed E-state index contributed by atoms with van der Waals surface area (Å²) in [5.41, 5.74) is 3.43. The van der Waals surface area contributed by atoms with Crippen LogP contribution in [0.25, 0.3) is 0 Å². The third-order valence-corrected chi connectivity index (χ3v) is 6.15. The number of esters is 2. The summed E-state index contributed by atoms with van der Waals surface area (Å²) in [7, 11) is 0. The van der Waals surface area contributed by atoms with Crippen LogP contribution in [-0.4, -0.2) is 25.2 Å². The highest BCUT2D eigenvalue weighted by Gasteiger charge is 2.57. The predicted molar refractivity (Wildman–Crippen MR) is 110 cm³/mol. The van der Waals surface area contributed by atoms with Gasteiger partial charge in [-0.1, -0.05) is 60.7 Å². The van der Waals surface area contributed by atoms with E-state index in [2.05, 4.69) is 24.3 Å². The normalized spacial score (nSPS) is 25.2. The van der Waals surface area contributed by atoms with E-state index >= 15 is 0 Å². The van der Waals surface area contributed by atoms with Gasteiger partial charge in [0.15, 0.2) is 0 Å². The Bertz CT molecular complexity index is 841. The molecule has 0 saturated heterocycles. The quantitative estimate of drug-likeness (QED) is 0.675. The van der Waals surface area contributed by atoms with Crippen LogP contribution in [0, 0.1) is 11.8 Å². The summed E-state index contributed by atoms with van der Waals surface area (Å²) < 4.78 is 10.7. The molecule has 0 amide bonds. The molecule has 29 heavy (non-hydrogen) atoms. The molecule has 2 aliphatic carbocycles. The van der Waals surface area contributed by atoms with E-state index in [-0.39, 0.29) is 48.8 Å². The van der Waals surface area contributed by atoms with Gasteiger partial charge in [-0.25, -0.2) is 9.59 Å². The summed E-state index contributed by atoms with van der Waals surface area (Å²) in [5, 5.41) is 0. The van der Waals surface area contributed by atoms with Gasteiger partial charge in [0.25, 0.3) is 0 Å². The molecule has 0 heterocycles. The van der Waals surface area contributed by atoms with Crippen molar-refractivity contribution in [1.29, 1.82) is 0 Å². The lowest BCUT2D eigenvalue weighted by Crippen LogP contribution is -2.29. The van der Waals surface area contributed by atoms with Crippen molar-refractivity contribution in [1.82, 2.24) is 0 Å². The maximum absolute atomic E-state index is 12.9. The Kier molecular flexibility index (Phi) is 5.52. The Labute approximate surface area is 171 Å². The molecule has 0 radical (unpaired) electrons. The summed E-state index contributed by atoms with van der Waals surface area (Å²) in [6.07, 6.45) is 0.765. The summed E-state index contributed by atoms with van der Waals surface area (Å²) >= 11 is 0. The lowest BCUT2D eigenvalue weighted by Gasteiger charge is -2.33. The van der Waals surface area contributed by atoms with Gasteiger partial charge < -0.3 is 9.47 Å². The number of ether oxygens (including phenoxy) is 2. The van der Waals surface area contributed by atoms with Gasteiger partial charge in [-0.05, 0) is 55.1 Å². The van der Waals surface area contributed by atoms with Gasteiger partial charge in [0.2, 0.25) is 0 Å². The third-order valence-electron chi connectivity index (χ3n) is 6.15. The molecular formula is C25H26O4. The zero-order chi connectivity index (χ0) is 20.4. The topological polar surface area (TPSA) is 52.6 Å². The number of hydrogen-bond acceptors (Lipinski definition) is 4. The Balaban J connectivity index is 1.87. The van der Waals surface area contributed by atoms with Crippen molar-refractivity contribution in [3.05, 3.63) is 82.9 Å². The largest absolute Gasteiger partial charge is 0.463 e. The number of hydrogen-bond donors (Lipinski definition) is 0. The van der Waals surface area contributed by atoms with E-state index in [1.54, 1.807) is 13.8 Å². The summed E-state index contributed by atoms with van der Waals surface area (Å²) in [6.45, 7) is 4.15. The molecule has 2 aliphatic rings. The van der Waals surface area contributed by atoms with Crippen LogP contribution in [0.15, 0.2) is 71.8 Å². The number of fused-ring (bicyclic) bond motifs is 2. The second-order valence-corrected chi connectivity index (χ2v) is 7.59. The lowest BCUT2D eigenvalue weighted by atomic mass is 9.70. The molecule has 150 valence electrons. The van der Waals surface area contributed by atoms with E-state index in [0.717, 1.165) is 6.42 Å². The summed E-state index contributed by atoms with van der Waals surface area (Å²) in [4.78, 5) is 25.8. The summed E-state index contributed by atoms with van der Waals surface area (Å²) in [6, 6.07) is 20.6. The van der Waals surface area contributed by atoms with Crippen molar-refractivity contribution in [2.45, 2.75) is 32.1 Å². The Hall–Kier alpha value is -2.88. The minimum Gasteiger partial charge on any atom is -0.463 e. The highest BCUT2D eigenvalue weighted by atomic mass is 16.5. The molecule has 1 fully saturated rings. The van der Waals surface area contributed by atoms with Gasteiger partial charge in [-0.15, -0.1) is 0 Å². The Morgan fingerprint density at radius 3 is 1.45 bits per heavy atom. The van der Waals surface area contributed by atoms with Crippen LogP contribution in [0.1, 0.15) is 43.2 Å². The first kappa shape index (κ1) is 19.4. The monoisotopic (exact) mass is 390 g/mol. The first-order valence-electron chi connectivity index (χ1n) is 10.4. The zero-order valence-electron chi connectivity index (χ0n) is 16.8. The van der Waals surface area contributed by atoms with Crippen LogP contribution in [0.3, 0.4) is 0 Å². The SMILES string of the molecule is CCOC(=O)C1=C(C(=O)OCC)C2CC1C(c1ccccc1)C2c1ccccc1. The maximum Gasteiger partial charge on any atom is 0.334 e. The molecule has 4 atom stereocenters. The maximum atomic E-state index is 12.9. The van der Waals surface area contributed by atoms with Gasteiger partial charge >= 0.3 is 11.9 Å². The average molecular weight is 390 g/mol. The van der Waals surface area contributed by atoms with Crippen molar-refractivity contribution in [2.24, 2.45) is 11.8 Å². The van der Waals surface area contributed by atoms with Crippen LogP contribution in [-0.2, 0) is 19.1 Å². The van der Waals surface area contributed by atoms with Gasteiger partial charge in [0, 0.05) is 0 Å². The molecule has 4 rings (SSSR count). The second kappa shape index (κ2) is 8.24. The second-order valence-electron chi connectivity index (χ2n) is 7.59. The minimum atomic E-state index is -0.379. The fourth-order valence-corrected chi connectivity index (χ4v) is 5.23. The van der Waals surface area contributed by atoms with Crippen molar-refractivity contribution >= 4 is 11.9 Å². The fraction of sp³-hybridized carbons (Fsp3) is 0.360. The Morgan fingerprint density at radius 2 is 1.10 bits per heavy atom. The van der Waals surface area contributed by atoms with Crippen LogP contribution in [0.4, 0.5) is 0 Å².